The van der Waals surface area contributed by atoms with Gasteiger partial charge in [-0.15, -0.1) is 0 Å². The number of hydrogen-bond acceptors (Lipinski definition) is 4. The lowest BCUT2D eigenvalue weighted by Crippen LogP contribution is -2.15. The second-order valence-electron chi connectivity index (χ2n) is 2.62. The summed E-state index contributed by atoms with van der Waals surface area (Å²) < 4.78 is 5.47. The molecule has 0 radical (unpaired) electrons. The number of nitro benzene ring substituents is 1. The largest absolute Gasteiger partial charge is 0.496 e. The van der Waals surface area contributed by atoms with Gasteiger partial charge in [0.2, 0.25) is 0 Å². The molecule has 0 heterocycles. The van der Waals surface area contributed by atoms with Crippen LogP contribution in [0.15, 0.2) is 12.1 Å². The molecule has 0 unspecified atom stereocenters. The molecule has 0 aliphatic heterocycles. The van der Waals surface area contributed by atoms with Gasteiger partial charge in [-0.05, 0) is 28.7 Å². The summed E-state index contributed by atoms with van der Waals surface area (Å²) in [7, 11) is 1.32. The Morgan fingerprint density at radius 2 is 2.20 bits per heavy atom. The molecular weight excluding hydrogens is 315 g/mol. The molecule has 2 N–H and O–H groups in total. The summed E-state index contributed by atoms with van der Waals surface area (Å²) >= 11 is 1.89. The van der Waals surface area contributed by atoms with Crippen LogP contribution >= 0.6 is 22.6 Å². The van der Waals surface area contributed by atoms with Gasteiger partial charge in [0.05, 0.1) is 12.0 Å². The molecule has 0 saturated heterocycles. The van der Waals surface area contributed by atoms with Crippen LogP contribution in [0.1, 0.15) is 10.4 Å². The Labute approximate surface area is 98.7 Å². The second kappa shape index (κ2) is 4.43. The number of amides is 1. The van der Waals surface area contributed by atoms with Gasteiger partial charge in [0.1, 0.15) is 5.75 Å². The summed E-state index contributed by atoms with van der Waals surface area (Å²) in [6, 6.07) is 2.77. The first-order chi connectivity index (χ1) is 6.97. The maximum atomic E-state index is 11.1. The van der Waals surface area contributed by atoms with Crippen LogP contribution in [0.2, 0.25) is 0 Å². The standard InChI is InChI=1S/C8H7IN2O4/c1-15-6-3-4(9)2-5(11(13)14)7(6)8(10)12/h2-3H,1H3,(H2,10,12). The second-order valence-corrected chi connectivity index (χ2v) is 3.87. The summed E-state index contributed by atoms with van der Waals surface area (Å²) in [6.07, 6.45) is 0. The zero-order chi connectivity index (χ0) is 11.6. The Hall–Kier alpha value is -1.38. The molecule has 15 heavy (non-hydrogen) atoms. The van der Waals surface area contributed by atoms with E-state index < -0.39 is 10.8 Å². The van der Waals surface area contributed by atoms with E-state index >= 15 is 0 Å². The fourth-order valence-corrected chi connectivity index (χ4v) is 1.70. The molecule has 7 heteroatoms. The van der Waals surface area contributed by atoms with Crippen molar-refractivity contribution in [2.24, 2.45) is 5.73 Å². The van der Waals surface area contributed by atoms with Crippen LogP contribution in [-0.4, -0.2) is 17.9 Å². The lowest BCUT2D eigenvalue weighted by atomic mass is 10.1. The Bertz CT molecular complexity index is 433. The number of methoxy groups -OCH3 is 1. The third-order valence-corrected chi connectivity index (χ3v) is 2.33. The Kier molecular flexibility index (Phi) is 3.45. The molecule has 0 bridgehead atoms. The zero-order valence-corrected chi connectivity index (χ0v) is 9.85. The van der Waals surface area contributed by atoms with E-state index in [0.717, 1.165) is 0 Å². The number of carbonyl (C=O) groups excluding carboxylic acids is 1. The first-order valence-electron chi connectivity index (χ1n) is 3.79. The van der Waals surface area contributed by atoms with Crippen molar-refractivity contribution in [1.29, 1.82) is 0 Å². The highest BCUT2D eigenvalue weighted by Crippen LogP contribution is 2.30. The SMILES string of the molecule is COc1cc(I)cc([N+](=O)[O-])c1C(N)=O. The number of carbonyl (C=O) groups is 1. The molecule has 0 saturated carbocycles. The molecule has 80 valence electrons. The van der Waals surface area contributed by atoms with Crippen LogP contribution in [0, 0.1) is 13.7 Å². The lowest BCUT2D eigenvalue weighted by Gasteiger charge is -2.06. The van der Waals surface area contributed by atoms with E-state index in [2.05, 4.69) is 0 Å². The number of primary amides is 1. The highest BCUT2D eigenvalue weighted by molar-refractivity contribution is 14.1. The van der Waals surface area contributed by atoms with E-state index in [1.807, 2.05) is 22.6 Å². The maximum Gasteiger partial charge on any atom is 0.286 e. The van der Waals surface area contributed by atoms with Crippen molar-refractivity contribution < 1.29 is 14.5 Å². The summed E-state index contributed by atoms with van der Waals surface area (Å²) in [6.45, 7) is 0. The van der Waals surface area contributed by atoms with Gasteiger partial charge in [0.25, 0.3) is 11.6 Å². The fraction of sp³-hybridized carbons (Fsp3) is 0.125. The number of hydrogen-bond donors (Lipinski definition) is 1. The smallest absolute Gasteiger partial charge is 0.286 e. The van der Waals surface area contributed by atoms with Gasteiger partial charge in [-0.2, -0.15) is 0 Å². The van der Waals surface area contributed by atoms with Crippen LogP contribution in [-0.2, 0) is 0 Å². The fourth-order valence-electron chi connectivity index (χ4n) is 1.12. The normalized spacial score (nSPS) is 9.73. The zero-order valence-electron chi connectivity index (χ0n) is 7.69. The predicted molar refractivity (Wildman–Crippen MR) is 60.9 cm³/mol. The van der Waals surface area contributed by atoms with Gasteiger partial charge in [0.15, 0.2) is 5.56 Å². The summed E-state index contributed by atoms with van der Waals surface area (Å²) in [5.41, 5.74) is 4.51. The van der Waals surface area contributed by atoms with Crippen LogP contribution in [0.4, 0.5) is 5.69 Å². The minimum Gasteiger partial charge on any atom is -0.496 e. The van der Waals surface area contributed by atoms with Gasteiger partial charge in [-0.1, -0.05) is 0 Å². The minimum atomic E-state index is -0.880. The molecule has 0 aliphatic carbocycles. The number of benzene rings is 1. The van der Waals surface area contributed by atoms with Crippen LogP contribution in [0.5, 0.6) is 5.75 Å². The highest BCUT2D eigenvalue weighted by Gasteiger charge is 2.24. The van der Waals surface area contributed by atoms with E-state index in [-0.39, 0.29) is 17.0 Å². The first kappa shape index (κ1) is 11.7. The minimum absolute atomic E-state index is 0.112. The summed E-state index contributed by atoms with van der Waals surface area (Å²) in [4.78, 5) is 21.1. The van der Waals surface area contributed by atoms with E-state index in [4.69, 9.17) is 10.5 Å². The number of nitrogens with two attached hydrogens (primary N) is 1. The van der Waals surface area contributed by atoms with Crippen molar-refractivity contribution in [2.45, 2.75) is 0 Å². The topological polar surface area (TPSA) is 95.5 Å². The molecule has 1 rings (SSSR count). The molecular formula is C8H7IN2O4. The van der Waals surface area contributed by atoms with Gasteiger partial charge in [0, 0.05) is 9.64 Å². The average molecular weight is 322 g/mol. The van der Waals surface area contributed by atoms with Crippen molar-refractivity contribution >= 4 is 34.2 Å². The number of ether oxygens (including phenoxy) is 1. The number of rotatable bonds is 3. The Morgan fingerprint density at radius 1 is 1.60 bits per heavy atom. The Balaban J connectivity index is 3.54. The molecule has 0 spiro atoms. The van der Waals surface area contributed by atoms with E-state index in [9.17, 15) is 14.9 Å². The maximum absolute atomic E-state index is 11.1. The van der Waals surface area contributed by atoms with Gasteiger partial charge in [-0.25, -0.2) is 0 Å². The third kappa shape index (κ3) is 2.35. The van der Waals surface area contributed by atoms with E-state index in [0.29, 0.717) is 3.57 Å². The van der Waals surface area contributed by atoms with E-state index in [1.165, 1.54) is 19.2 Å². The molecule has 0 aromatic heterocycles. The van der Waals surface area contributed by atoms with Crippen LogP contribution in [0.25, 0.3) is 0 Å². The summed E-state index contributed by atoms with van der Waals surface area (Å²) in [5, 5.41) is 10.7. The summed E-state index contributed by atoms with van der Waals surface area (Å²) in [5.74, 6) is -0.768. The predicted octanol–water partition coefficient (Wildman–Crippen LogP) is 1.31. The number of nitro groups is 1. The van der Waals surface area contributed by atoms with Crippen LogP contribution in [0.3, 0.4) is 0 Å². The van der Waals surface area contributed by atoms with Crippen molar-refractivity contribution in [3.63, 3.8) is 0 Å². The quantitative estimate of drug-likeness (QED) is 0.515. The van der Waals surface area contributed by atoms with Crippen molar-refractivity contribution in [1.82, 2.24) is 0 Å². The molecule has 1 aromatic carbocycles. The van der Waals surface area contributed by atoms with Crippen molar-refractivity contribution in [2.75, 3.05) is 7.11 Å². The van der Waals surface area contributed by atoms with Gasteiger partial charge >= 0.3 is 0 Å². The monoisotopic (exact) mass is 322 g/mol. The highest BCUT2D eigenvalue weighted by atomic mass is 127. The number of halogens is 1. The molecule has 6 nitrogen and oxygen atoms in total. The molecule has 0 atom stereocenters. The van der Waals surface area contributed by atoms with Gasteiger partial charge in [-0.3, -0.25) is 14.9 Å². The molecule has 0 fully saturated rings. The molecule has 1 aromatic rings. The van der Waals surface area contributed by atoms with Crippen molar-refractivity contribution in [3.8, 4) is 5.75 Å². The van der Waals surface area contributed by atoms with Crippen molar-refractivity contribution in [3.05, 3.63) is 31.4 Å². The molecule has 1 amide bonds. The number of nitrogens with zero attached hydrogens (tertiary/aromatic N) is 1. The lowest BCUT2D eigenvalue weighted by molar-refractivity contribution is -0.385. The van der Waals surface area contributed by atoms with E-state index in [1.54, 1.807) is 0 Å². The van der Waals surface area contributed by atoms with Gasteiger partial charge < -0.3 is 10.5 Å². The first-order valence-corrected chi connectivity index (χ1v) is 4.87. The molecule has 0 aliphatic rings. The third-order valence-electron chi connectivity index (χ3n) is 1.71. The average Bonchev–Trinajstić information content (AvgIpc) is 2.15. The van der Waals surface area contributed by atoms with Crippen LogP contribution < -0.4 is 10.5 Å². The Morgan fingerprint density at radius 3 is 2.60 bits per heavy atom.